The van der Waals surface area contributed by atoms with Crippen LogP contribution in [0.2, 0.25) is 0 Å². The first-order chi connectivity index (χ1) is 12.8. The lowest BCUT2D eigenvalue weighted by Crippen LogP contribution is -2.50. The number of halogens is 1. The Hall–Kier alpha value is -1.47. The third kappa shape index (κ3) is 6.85. The van der Waals surface area contributed by atoms with E-state index in [0.29, 0.717) is 31.5 Å². The van der Waals surface area contributed by atoms with Crippen LogP contribution in [-0.4, -0.2) is 37.3 Å². The van der Waals surface area contributed by atoms with Gasteiger partial charge in [0.2, 0.25) is 15.9 Å². The van der Waals surface area contributed by atoms with Crippen LogP contribution in [0, 0.1) is 17.2 Å². The van der Waals surface area contributed by atoms with Crippen LogP contribution in [0.5, 0.6) is 0 Å². The standard InChI is InChI=1S/C21H33FN2O3S/c1-20(2,3)15-21(4,5)23-19(25)17-10-12-24(13-11-17)28(26,27)14-16-6-8-18(22)9-7-16/h6-9,17H,10-15H2,1-5H3,(H,23,25). The highest BCUT2D eigenvalue weighted by Gasteiger charge is 2.34. The van der Waals surface area contributed by atoms with E-state index in [4.69, 9.17) is 0 Å². The molecule has 5 nitrogen and oxygen atoms in total. The highest BCUT2D eigenvalue weighted by molar-refractivity contribution is 7.88. The molecule has 0 unspecified atom stereocenters. The number of benzene rings is 1. The molecule has 0 aromatic heterocycles. The van der Waals surface area contributed by atoms with Gasteiger partial charge in [-0.3, -0.25) is 4.79 Å². The first kappa shape index (κ1) is 22.8. The number of nitrogens with one attached hydrogen (secondary N) is 1. The van der Waals surface area contributed by atoms with Crippen LogP contribution in [0.25, 0.3) is 0 Å². The molecule has 0 bridgehead atoms. The molecular formula is C21H33FN2O3S. The molecule has 1 saturated heterocycles. The number of amides is 1. The molecule has 1 aromatic rings. The molecule has 0 aliphatic carbocycles. The molecule has 1 fully saturated rings. The van der Waals surface area contributed by atoms with Gasteiger partial charge in [0.15, 0.2) is 0 Å². The molecule has 2 rings (SSSR count). The summed E-state index contributed by atoms with van der Waals surface area (Å²) in [6.07, 6.45) is 1.89. The number of hydrogen-bond donors (Lipinski definition) is 1. The quantitative estimate of drug-likeness (QED) is 0.775. The van der Waals surface area contributed by atoms with Gasteiger partial charge in [-0.2, -0.15) is 0 Å². The fraction of sp³-hybridized carbons (Fsp3) is 0.667. The van der Waals surface area contributed by atoms with Crippen molar-refractivity contribution in [3.05, 3.63) is 35.6 Å². The highest BCUT2D eigenvalue weighted by atomic mass is 32.2. The maximum atomic E-state index is 13.0. The van der Waals surface area contributed by atoms with Crippen molar-refractivity contribution in [3.8, 4) is 0 Å². The molecule has 1 N–H and O–H groups in total. The molecule has 0 atom stereocenters. The van der Waals surface area contributed by atoms with Crippen LogP contribution in [0.4, 0.5) is 4.39 Å². The van der Waals surface area contributed by atoms with Crippen molar-refractivity contribution in [3.63, 3.8) is 0 Å². The summed E-state index contributed by atoms with van der Waals surface area (Å²) in [5.41, 5.74) is 0.362. The predicted molar refractivity (Wildman–Crippen MR) is 110 cm³/mol. The van der Waals surface area contributed by atoms with Crippen molar-refractivity contribution in [1.82, 2.24) is 9.62 Å². The molecule has 28 heavy (non-hydrogen) atoms. The lowest BCUT2D eigenvalue weighted by atomic mass is 9.81. The monoisotopic (exact) mass is 412 g/mol. The summed E-state index contributed by atoms with van der Waals surface area (Å²) in [5.74, 6) is -0.702. The van der Waals surface area contributed by atoms with E-state index in [2.05, 4.69) is 26.1 Å². The van der Waals surface area contributed by atoms with E-state index < -0.39 is 10.0 Å². The zero-order valence-electron chi connectivity index (χ0n) is 17.6. The minimum atomic E-state index is -3.48. The summed E-state index contributed by atoms with van der Waals surface area (Å²) in [5, 5.41) is 3.14. The molecule has 1 aliphatic rings. The molecule has 0 radical (unpaired) electrons. The summed E-state index contributed by atoms with van der Waals surface area (Å²) >= 11 is 0. The van der Waals surface area contributed by atoms with Gasteiger partial charge in [-0.1, -0.05) is 32.9 Å². The van der Waals surface area contributed by atoms with Gasteiger partial charge in [0.05, 0.1) is 5.75 Å². The number of sulfonamides is 1. The molecule has 1 heterocycles. The Bertz CT molecular complexity index is 775. The second-order valence-corrected chi connectivity index (χ2v) is 11.6. The molecule has 0 saturated carbocycles. The lowest BCUT2D eigenvalue weighted by Gasteiger charge is -2.36. The van der Waals surface area contributed by atoms with Gasteiger partial charge in [0.1, 0.15) is 5.82 Å². The van der Waals surface area contributed by atoms with Crippen molar-refractivity contribution >= 4 is 15.9 Å². The number of nitrogens with zero attached hydrogens (tertiary/aromatic N) is 1. The summed E-state index contributed by atoms with van der Waals surface area (Å²) in [4.78, 5) is 12.7. The fourth-order valence-electron chi connectivity index (χ4n) is 4.08. The molecule has 7 heteroatoms. The van der Waals surface area contributed by atoms with Crippen LogP contribution in [0.15, 0.2) is 24.3 Å². The predicted octanol–water partition coefficient (Wildman–Crippen LogP) is 3.70. The van der Waals surface area contributed by atoms with Crippen molar-refractivity contribution in [2.75, 3.05) is 13.1 Å². The topological polar surface area (TPSA) is 66.5 Å². The summed E-state index contributed by atoms with van der Waals surface area (Å²) in [6.45, 7) is 11.2. The van der Waals surface area contributed by atoms with Gasteiger partial charge in [-0.15, -0.1) is 0 Å². The van der Waals surface area contributed by atoms with Crippen molar-refractivity contribution in [1.29, 1.82) is 0 Å². The molecule has 158 valence electrons. The summed E-state index contributed by atoms with van der Waals surface area (Å²) < 4.78 is 39.7. The van der Waals surface area contributed by atoms with Crippen LogP contribution in [-0.2, 0) is 20.6 Å². The summed E-state index contributed by atoms with van der Waals surface area (Å²) in [7, 11) is -3.48. The normalized spacial score (nSPS) is 17.5. The first-order valence-corrected chi connectivity index (χ1v) is 11.4. The second-order valence-electron chi connectivity index (χ2n) is 9.67. The maximum absolute atomic E-state index is 13.0. The highest BCUT2D eigenvalue weighted by Crippen LogP contribution is 2.28. The number of carbonyl (C=O) groups is 1. The third-order valence-electron chi connectivity index (χ3n) is 4.91. The van der Waals surface area contributed by atoms with E-state index in [1.54, 1.807) is 0 Å². The van der Waals surface area contributed by atoms with Crippen LogP contribution >= 0.6 is 0 Å². The van der Waals surface area contributed by atoms with Crippen molar-refractivity contribution < 1.29 is 17.6 Å². The average Bonchev–Trinajstić information content (AvgIpc) is 2.54. The zero-order chi connectivity index (χ0) is 21.2. The maximum Gasteiger partial charge on any atom is 0.223 e. The smallest absolute Gasteiger partial charge is 0.223 e. The van der Waals surface area contributed by atoms with Gasteiger partial charge in [0.25, 0.3) is 0 Å². The minimum Gasteiger partial charge on any atom is -0.351 e. The number of rotatable bonds is 6. The van der Waals surface area contributed by atoms with E-state index >= 15 is 0 Å². The number of carbonyl (C=O) groups excluding carboxylic acids is 1. The molecular weight excluding hydrogens is 379 g/mol. The van der Waals surface area contributed by atoms with Crippen molar-refractivity contribution in [2.45, 2.75) is 65.2 Å². The van der Waals surface area contributed by atoms with Gasteiger partial charge < -0.3 is 5.32 Å². The Morgan fingerprint density at radius 2 is 1.64 bits per heavy atom. The molecule has 1 aromatic carbocycles. The SMILES string of the molecule is CC(C)(C)CC(C)(C)NC(=O)C1CCN(S(=O)(=O)Cc2ccc(F)cc2)CC1. The summed E-state index contributed by atoms with van der Waals surface area (Å²) in [6, 6.07) is 5.51. The Morgan fingerprint density at radius 1 is 1.11 bits per heavy atom. The van der Waals surface area contributed by atoms with E-state index in [1.165, 1.54) is 28.6 Å². The Morgan fingerprint density at radius 3 is 2.14 bits per heavy atom. The van der Waals surface area contributed by atoms with Gasteiger partial charge in [0, 0.05) is 24.5 Å². The zero-order valence-corrected chi connectivity index (χ0v) is 18.4. The molecule has 0 spiro atoms. The lowest BCUT2D eigenvalue weighted by molar-refractivity contribution is -0.128. The van der Waals surface area contributed by atoms with Crippen LogP contribution < -0.4 is 5.32 Å². The van der Waals surface area contributed by atoms with Crippen LogP contribution in [0.3, 0.4) is 0 Å². The number of piperidine rings is 1. The minimum absolute atomic E-state index is 0.00447. The van der Waals surface area contributed by atoms with E-state index in [0.717, 1.165) is 6.42 Å². The number of hydrogen-bond acceptors (Lipinski definition) is 3. The van der Waals surface area contributed by atoms with E-state index in [9.17, 15) is 17.6 Å². The molecule has 1 amide bonds. The third-order valence-corrected chi connectivity index (χ3v) is 6.76. The molecule has 1 aliphatic heterocycles. The fourth-order valence-corrected chi connectivity index (χ4v) is 5.65. The Balaban J connectivity index is 1.90. The van der Waals surface area contributed by atoms with Gasteiger partial charge in [-0.25, -0.2) is 17.1 Å². The first-order valence-electron chi connectivity index (χ1n) is 9.82. The van der Waals surface area contributed by atoms with E-state index in [-0.39, 0.29) is 34.3 Å². The second kappa shape index (κ2) is 8.49. The average molecular weight is 413 g/mol. The van der Waals surface area contributed by atoms with Gasteiger partial charge in [-0.05, 0) is 56.2 Å². The Labute approximate surface area is 168 Å². The van der Waals surface area contributed by atoms with Crippen LogP contribution in [0.1, 0.15) is 59.4 Å². The Kier molecular flexibility index (Phi) is 6.92. The van der Waals surface area contributed by atoms with Crippen molar-refractivity contribution in [2.24, 2.45) is 11.3 Å². The largest absolute Gasteiger partial charge is 0.351 e. The van der Waals surface area contributed by atoms with Gasteiger partial charge >= 0.3 is 0 Å². The van der Waals surface area contributed by atoms with E-state index in [1.807, 2.05) is 13.8 Å².